The first-order chi connectivity index (χ1) is 19.2. The third kappa shape index (κ3) is 6.01. The van der Waals surface area contributed by atoms with Gasteiger partial charge in [-0.05, 0) is 63.1 Å². The van der Waals surface area contributed by atoms with Crippen LogP contribution in [0.5, 0.6) is 11.5 Å². The summed E-state index contributed by atoms with van der Waals surface area (Å²) in [4.78, 5) is 24.7. The second kappa shape index (κ2) is 11.3. The quantitative estimate of drug-likeness (QED) is 0.247. The van der Waals surface area contributed by atoms with Crippen LogP contribution in [0.15, 0.2) is 97.1 Å². The summed E-state index contributed by atoms with van der Waals surface area (Å²) in [7, 11) is 0. The normalized spacial score (nSPS) is 13.2. The predicted molar refractivity (Wildman–Crippen MR) is 155 cm³/mol. The number of alkyl carbamates (subject to hydrolysis) is 1. The maximum absolute atomic E-state index is 12.7. The van der Waals surface area contributed by atoms with Crippen LogP contribution in [0, 0.1) is 0 Å². The lowest BCUT2D eigenvalue weighted by Crippen LogP contribution is -2.42. The van der Waals surface area contributed by atoms with Crippen LogP contribution in [-0.2, 0) is 21.4 Å². The molecule has 6 heteroatoms. The summed E-state index contributed by atoms with van der Waals surface area (Å²) in [5, 5.41) is 12.3. The van der Waals surface area contributed by atoms with E-state index < -0.39 is 18.1 Å². The maximum atomic E-state index is 12.7. The fourth-order valence-corrected chi connectivity index (χ4v) is 5.11. The number of benzene rings is 4. The minimum Gasteiger partial charge on any atom is -0.480 e. The van der Waals surface area contributed by atoms with E-state index in [1.54, 1.807) is 12.1 Å². The van der Waals surface area contributed by atoms with Gasteiger partial charge >= 0.3 is 12.1 Å². The molecule has 204 valence electrons. The number of hydrogen-bond donors (Lipinski definition) is 2. The molecule has 0 saturated heterocycles. The van der Waals surface area contributed by atoms with E-state index >= 15 is 0 Å². The minimum atomic E-state index is -1.16. The van der Waals surface area contributed by atoms with Crippen molar-refractivity contribution in [3.8, 4) is 22.6 Å². The Morgan fingerprint density at radius 3 is 2.05 bits per heavy atom. The topological polar surface area (TPSA) is 84.9 Å². The summed E-state index contributed by atoms with van der Waals surface area (Å²) in [6, 6.07) is 30.1. The molecule has 0 aliphatic heterocycles. The summed E-state index contributed by atoms with van der Waals surface area (Å²) in [5.41, 5.74) is 6.41. The molecule has 4 aromatic carbocycles. The van der Waals surface area contributed by atoms with Crippen molar-refractivity contribution in [3.63, 3.8) is 0 Å². The number of amides is 1. The van der Waals surface area contributed by atoms with Gasteiger partial charge in [0, 0.05) is 12.3 Å². The van der Waals surface area contributed by atoms with Gasteiger partial charge in [0.25, 0.3) is 0 Å². The number of carbonyl (C=O) groups excluding carboxylic acids is 1. The summed E-state index contributed by atoms with van der Waals surface area (Å²) < 4.78 is 11.6. The van der Waals surface area contributed by atoms with E-state index in [4.69, 9.17) is 9.47 Å². The molecular formula is C34H33NO5. The molecule has 0 spiro atoms. The summed E-state index contributed by atoms with van der Waals surface area (Å²) in [6.45, 7) is 6.58. The molecule has 0 radical (unpaired) electrons. The SMILES string of the molecule is CC(C)(C)c1ccc(Oc2cccc(CC(NC(=O)OCC3c4ccccc4-c4ccccc43)C(=O)O)c2)cc1. The molecule has 1 aliphatic rings. The van der Waals surface area contributed by atoms with Gasteiger partial charge in [-0.15, -0.1) is 0 Å². The first kappa shape index (κ1) is 27.0. The number of aliphatic carboxylic acids is 1. The van der Waals surface area contributed by atoms with Gasteiger partial charge in [0.15, 0.2) is 0 Å². The van der Waals surface area contributed by atoms with Crippen molar-refractivity contribution < 1.29 is 24.2 Å². The highest BCUT2D eigenvalue weighted by Crippen LogP contribution is 2.44. The minimum absolute atomic E-state index is 0.0461. The summed E-state index contributed by atoms with van der Waals surface area (Å²) in [5.74, 6) is 0.0355. The molecular weight excluding hydrogens is 502 g/mol. The van der Waals surface area contributed by atoms with E-state index in [0.29, 0.717) is 11.5 Å². The zero-order valence-corrected chi connectivity index (χ0v) is 22.9. The first-order valence-electron chi connectivity index (χ1n) is 13.4. The lowest BCUT2D eigenvalue weighted by molar-refractivity contribution is -0.139. The van der Waals surface area contributed by atoms with Crippen LogP contribution in [-0.4, -0.2) is 29.8 Å². The average molecular weight is 536 g/mol. The smallest absolute Gasteiger partial charge is 0.407 e. The summed E-state index contributed by atoms with van der Waals surface area (Å²) in [6.07, 6.45) is -0.680. The molecule has 4 aromatic rings. The highest BCUT2D eigenvalue weighted by Gasteiger charge is 2.30. The van der Waals surface area contributed by atoms with Gasteiger partial charge in [-0.25, -0.2) is 9.59 Å². The Morgan fingerprint density at radius 2 is 1.45 bits per heavy atom. The Morgan fingerprint density at radius 1 is 0.825 bits per heavy atom. The number of hydrogen-bond acceptors (Lipinski definition) is 4. The monoisotopic (exact) mass is 535 g/mol. The van der Waals surface area contributed by atoms with Crippen molar-refractivity contribution in [2.24, 2.45) is 0 Å². The lowest BCUT2D eigenvalue weighted by Gasteiger charge is -2.19. The number of rotatable bonds is 8. The fraction of sp³-hybridized carbons (Fsp3) is 0.235. The molecule has 1 amide bonds. The molecule has 40 heavy (non-hydrogen) atoms. The molecule has 5 rings (SSSR count). The van der Waals surface area contributed by atoms with Crippen molar-refractivity contribution in [3.05, 3.63) is 119 Å². The van der Waals surface area contributed by atoms with Gasteiger partial charge in [-0.3, -0.25) is 0 Å². The van der Waals surface area contributed by atoms with E-state index in [1.165, 1.54) is 5.56 Å². The van der Waals surface area contributed by atoms with Gasteiger partial charge in [0.2, 0.25) is 0 Å². The average Bonchev–Trinajstić information content (AvgIpc) is 3.25. The predicted octanol–water partition coefficient (Wildman–Crippen LogP) is 7.31. The third-order valence-electron chi connectivity index (χ3n) is 7.23. The van der Waals surface area contributed by atoms with Gasteiger partial charge in [-0.2, -0.15) is 0 Å². The van der Waals surface area contributed by atoms with Gasteiger partial charge in [-0.1, -0.05) is 93.6 Å². The van der Waals surface area contributed by atoms with Crippen LogP contribution in [0.4, 0.5) is 4.79 Å². The maximum Gasteiger partial charge on any atom is 0.407 e. The van der Waals surface area contributed by atoms with Crippen molar-refractivity contribution in [1.29, 1.82) is 0 Å². The molecule has 2 N–H and O–H groups in total. The Balaban J connectivity index is 1.21. The third-order valence-corrected chi connectivity index (χ3v) is 7.23. The second-order valence-electron chi connectivity index (χ2n) is 11.1. The van der Waals surface area contributed by atoms with E-state index in [1.807, 2.05) is 72.8 Å². The van der Waals surface area contributed by atoms with Gasteiger partial charge < -0.3 is 19.9 Å². The van der Waals surface area contributed by atoms with Crippen molar-refractivity contribution in [2.45, 2.75) is 44.6 Å². The number of carbonyl (C=O) groups is 2. The Hall–Kier alpha value is -4.58. The highest BCUT2D eigenvalue weighted by atomic mass is 16.5. The Kier molecular flexibility index (Phi) is 7.60. The van der Waals surface area contributed by atoms with Crippen LogP contribution < -0.4 is 10.1 Å². The molecule has 1 unspecified atom stereocenters. The Labute approximate surface area is 234 Å². The molecule has 1 aliphatic carbocycles. The molecule has 0 aromatic heterocycles. The van der Waals surface area contributed by atoms with E-state index in [2.05, 4.69) is 38.2 Å². The van der Waals surface area contributed by atoms with Gasteiger partial charge in [0.1, 0.15) is 24.1 Å². The molecule has 0 bridgehead atoms. The van der Waals surface area contributed by atoms with E-state index in [-0.39, 0.29) is 24.4 Å². The lowest BCUT2D eigenvalue weighted by atomic mass is 9.87. The van der Waals surface area contributed by atoms with Crippen LogP contribution in [0.2, 0.25) is 0 Å². The van der Waals surface area contributed by atoms with Crippen LogP contribution in [0.1, 0.15) is 48.9 Å². The van der Waals surface area contributed by atoms with Crippen LogP contribution >= 0.6 is 0 Å². The molecule has 0 fully saturated rings. The number of ether oxygens (including phenoxy) is 2. The number of carboxylic acids is 1. The Bertz CT molecular complexity index is 1470. The zero-order chi connectivity index (χ0) is 28.3. The first-order valence-corrected chi connectivity index (χ1v) is 13.4. The number of fused-ring (bicyclic) bond motifs is 3. The van der Waals surface area contributed by atoms with E-state index in [0.717, 1.165) is 27.8 Å². The standard InChI is InChI=1S/C34H33NO5/c1-34(2,3)23-15-17-24(18-16-23)40-25-10-8-9-22(19-25)20-31(32(36)37)35-33(38)39-21-30-28-13-6-4-11-26(28)27-12-5-7-14-29(27)30/h4-19,30-31H,20-21H2,1-3H3,(H,35,38)(H,36,37). The van der Waals surface area contributed by atoms with Crippen LogP contribution in [0.3, 0.4) is 0 Å². The highest BCUT2D eigenvalue weighted by molar-refractivity contribution is 5.81. The number of carboxylic acid groups (broad SMARTS) is 1. The molecule has 6 nitrogen and oxygen atoms in total. The van der Waals surface area contributed by atoms with Gasteiger partial charge in [0.05, 0.1) is 0 Å². The van der Waals surface area contributed by atoms with Crippen molar-refractivity contribution in [2.75, 3.05) is 6.61 Å². The van der Waals surface area contributed by atoms with Crippen LogP contribution in [0.25, 0.3) is 11.1 Å². The van der Waals surface area contributed by atoms with E-state index in [9.17, 15) is 14.7 Å². The summed E-state index contributed by atoms with van der Waals surface area (Å²) >= 11 is 0. The molecule has 0 saturated carbocycles. The fourth-order valence-electron chi connectivity index (χ4n) is 5.11. The van der Waals surface area contributed by atoms with Crippen molar-refractivity contribution in [1.82, 2.24) is 5.32 Å². The zero-order valence-electron chi connectivity index (χ0n) is 22.9. The largest absolute Gasteiger partial charge is 0.480 e. The molecule has 1 atom stereocenters. The van der Waals surface area contributed by atoms with Crippen molar-refractivity contribution >= 4 is 12.1 Å². The molecule has 0 heterocycles. The number of nitrogens with one attached hydrogen (secondary N) is 1. The second-order valence-corrected chi connectivity index (χ2v) is 11.1.